The predicted molar refractivity (Wildman–Crippen MR) is 124 cm³/mol. The van der Waals surface area contributed by atoms with Crippen LogP contribution in [0.2, 0.25) is 10.0 Å². The molecule has 2 rings (SSSR count). The minimum Gasteiger partial charge on any atom is -0.357 e. The van der Waals surface area contributed by atoms with Crippen molar-refractivity contribution in [1.82, 2.24) is 10.2 Å². The van der Waals surface area contributed by atoms with Gasteiger partial charge in [0.1, 0.15) is 18.4 Å². The third-order valence-corrected chi connectivity index (χ3v) is 6.66. The highest BCUT2D eigenvalue weighted by Crippen LogP contribution is 2.28. The number of halogens is 3. The summed E-state index contributed by atoms with van der Waals surface area (Å²) in [6.45, 7) is 0.854. The number of rotatable bonds is 9. The van der Waals surface area contributed by atoms with Gasteiger partial charge in [-0.15, -0.1) is 0 Å². The van der Waals surface area contributed by atoms with Crippen LogP contribution in [0.1, 0.15) is 18.9 Å². The Morgan fingerprint density at radius 2 is 1.69 bits per heavy atom. The highest BCUT2D eigenvalue weighted by molar-refractivity contribution is 7.92. The van der Waals surface area contributed by atoms with Crippen LogP contribution in [0.15, 0.2) is 42.5 Å². The fourth-order valence-electron chi connectivity index (χ4n) is 3.19. The van der Waals surface area contributed by atoms with Gasteiger partial charge in [-0.05, 0) is 30.7 Å². The smallest absolute Gasteiger partial charge is 0.244 e. The number of benzene rings is 2. The van der Waals surface area contributed by atoms with Crippen LogP contribution in [0.3, 0.4) is 0 Å². The van der Waals surface area contributed by atoms with Gasteiger partial charge < -0.3 is 10.2 Å². The fourth-order valence-corrected chi connectivity index (χ4v) is 4.56. The summed E-state index contributed by atoms with van der Waals surface area (Å²) in [6, 6.07) is 9.12. The molecule has 32 heavy (non-hydrogen) atoms. The number of carbonyl (C=O) groups is 2. The molecule has 0 aromatic heterocycles. The molecule has 2 amide bonds. The van der Waals surface area contributed by atoms with Gasteiger partial charge in [0.05, 0.1) is 11.9 Å². The monoisotopic (exact) mass is 503 g/mol. The van der Waals surface area contributed by atoms with Gasteiger partial charge >= 0.3 is 0 Å². The summed E-state index contributed by atoms with van der Waals surface area (Å²) >= 11 is 12.5. The normalized spacial score (nSPS) is 12.2. The molecule has 0 unspecified atom stereocenters. The number of hydrogen-bond donors (Lipinski definition) is 1. The molecule has 0 radical (unpaired) electrons. The van der Waals surface area contributed by atoms with Crippen molar-refractivity contribution in [3.05, 3.63) is 63.9 Å². The SMILES string of the molecule is CC[C@H](C(=O)NC)N(Cc1c(Cl)cccc1Cl)C(=O)CN(c1ccccc1F)S(C)(=O)=O. The number of amides is 2. The molecule has 1 atom stereocenters. The molecule has 0 aliphatic carbocycles. The molecule has 2 aromatic rings. The lowest BCUT2D eigenvalue weighted by Crippen LogP contribution is -2.51. The van der Waals surface area contributed by atoms with E-state index in [1.165, 1.54) is 30.1 Å². The zero-order chi connectivity index (χ0) is 24.1. The van der Waals surface area contributed by atoms with Crippen LogP contribution in [0.5, 0.6) is 0 Å². The first kappa shape index (κ1) is 25.9. The number of hydrogen-bond acceptors (Lipinski definition) is 4. The minimum absolute atomic E-state index is 0.141. The number of likely N-dealkylation sites (N-methyl/N-ethyl adjacent to an activating group) is 1. The van der Waals surface area contributed by atoms with Crippen molar-refractivity contribution in [1.29, 1.82) is 0 Å². The third kappa shape index (κ3) is 6.11. The molecule has 0 saturated carbocycles. The van der Waals surface area contributed by atoms with Gasteiger partial charge in [-0.3, -0.25) is 13.9 Å². The number of anilines is 1. The highest BCUT2D eigenvalue weighted by atomic mass is 35.5. The Labute approximate surface area is 197 Å². The van der Waals surface area contributed by atoms with E-state index in [-0.39, 0.29) is 28.7 Å². The third-order valence-electron chi connectivity index (χ3n) is 4.82. The average molecular weight is 504 g/mol. The summed E-state index contributed by atoms with van der Waals surface area (Å²) in [5, 5.41) is 3.08. The average Bonchev–Trinajstić information content (AvgIpc) is 2.73. The molecule has 0 saturated heterocycles. The fraction of sp³-hybridized carbons (Fsp3) is 0.333. The zero-order valence-electron chi connectivity index (χ0n) is 17.8. The van der Waals surface area contributed by atoms with Crippen molar-refractivity contribution in [2.24, 2.45) is 0 Å². The maximum Gasteiger partial charge on any atom is 0.244 e. The van der Waals surface area contributed by atoms with E-state index < -0.39 is 40.2 Å². The van der Waals surface area contributed by atoms with Crippen LogP contribution >= 0.6 is 23.2 Å². The number of carbonyl (C=O) groups excluding carboxylic acids is 2. The molecular weight excluding hydrogens is 480 g/mol. The lowest BCUT2D eigenvalue weighted by molar-refractivity contribution is -0.140. The molecule has 0 bridgehead atoms. The van der Waals surface area contributed by atoms with Gasteiger partial charge in [-0.25, -0.2) is 12.8 Å². The van der Waals surface area contributed by atoms with E-state index in [2.05, 4.69) is 5.32 Å². The second kappa shape index (κ2) is 11.0. The first-order valence-corrected chi connectivity index (χ1v) is 12.3. The standard InChI is InChI=1S/C21H24Cl2FN3O4S/c1-4-18(21(29)25-2)26(12-14-15(22)8-7-9-16(14)23)20(28)13-27(32(3,30)31)19-11-6-5-10-17(19)24/h5-11,18H,4,12-13H2,1-3H3,(H,25,29)/t18-/m1/s1. The van der Waals surface area contributed by atoms with E-state index in [1.54, 1.807) is 25.1 Å². The summed E-state index contributed by atoms with van der Waals surface area (Å²) in [5.41, 5.74) is 0.135. The van der Waals surface area contributed by atoms with Gasteiger partial charge in [0, 0.05) is 29.2 Å². The Kier molecular flexibility index (Phi) is 8.89. The largest absolute Gasteiger partial charge is 0.357 e. The Bertz CT molecular complexity index is 1080. The predicted octanol–water partition coefficient (Wildman–Crippen LogP) is 3.45. The molecule has 1 N–H and O–H groups in total. The number of nitrogens with zero attached hydrogens (tertiary/aromatic N) is 2. The Hall–Kier alpha value is -2.36. The van der Waals surface area contributed by atoms with Crippen molar-refractivity contribution in [3.63, 3.8) is 0 Å². The van der Waals surface area contributed by atoms with E-state index in [1.807, 2.05) is 0 Å². The molecule has 0 heterocycles. The molecule has 11 heteroatoms. The van der Waals surface area contributed by atoms with E-state index in [0.29, 0.717) is 9.87 Å². The molecule has 0 fully saturated rings. The summed E-state index contributed by atoms with van der Waals surface area (Å²) in [4.78, 5) is 27.1. The second-order valence-electron chi connectivity index (χ2n) is 6.98. The second-order valence-corrected chi connectivity index (χ2v) is 9.70. The Morgan fingerprint density at radius 3 is 2.19 bits per heavy atom. The van der Waals surface area contributed by atoms with Gasteiger partial charge in [0.2, 0.25) is 21.8 Å². The number of nitrogens with one attached hydrogen (secondary N) is 1. The Morgan fingerprint density at radius 1 is 1.09 bits per heavy atom. The van der Waals surface area contributed by atoms with Crippen LogP contribution in [-0.4, -0.2) is 51.0 Å². The molecule has 0 spiro atoms. The van der Waals surface area contributed by atoms with Gasteiger partial charge in [-0.1, -0.05) is 48.3 Å². The van der Waals surface area contributed by atoms with Crippen LogP contribution in [0.25, 0.3) is 0 Å². The van der Waals surface area contributed by atoms with Crippen LogP contribution in [0, 0.1) is 5.82 Å². The molecule has 174 valence electrons. The molecule has 0 aliphatic rings. The zero-order valence-corrected chi connectivity index (χ0v) is 20.1. The maximum absolute atomic E-state index is 14.4. The van der Waals surface area contributed by atoms with Gasteiger partial charge in [0.25, 0.3) is 0 Å². The van der Waals surface area contributed by atoms with E-state index >= 15 is 0 Å². The summed E-state index contributed by atoms with van der Waals surface area (Å²) in [6.07, 6.45) is 1.12. The van der Waals surface area contributed by atoms with E-state index in [9.17, 15) is 22.4 Å². The van der Waals surface area contributed by atoms with Crippen molar-refractivity contribution in [3.8, 4) is 0 Å². The number of para-hydroxylation sites is 1. The van der Waals surface area contributed by atoms with Gasteiger partial charge in [0.15, 0.2) is 0 Å². The molecular formula is C21H24Cl2FN3O4S. The number of sulfonamides is 1. The summed E-state index contributed by atoms with van der Waals surface area (Å²) in [5.74, 6) is -1.96. The van der Waals surface area contributed by atoms with Gasteiger partial charge in [-0.2, -0.15) is 0 Å². The summed E-state index contributed by atoms with van der Waals surface area (Å²) < 4.78 is 39.8. The molecule has 2 aromatic carbocycles. The Balaban J connectivity index is 2.50. The minimum atomic E-state index is -4.02. The lowest BCUT2D eigenvalue weighted by Gasteiger charge is -2.33. The van der Waals surface area contributed by atoms with Crippen molar-refractivity contribution >= 4 is 50.7 Å². The van der Waals surface area contributed by atoms with Crippen molar-refractivity contribution in [2.45, 2.75) is 25.9 Å². The highest BCUT2D eigenvalue weighted by Gasteiger charge is 2.32. The summed E-state index contributed by atoms with van der Waals surface area (Å²) in [7, 11) is -2.59. The van der Waals surface area contributed by atoms with Crippen LogP contribution < -0.4 is 9.62 Å². The van der Waals surface area contributed by atoms with Crippen LogP contribution in [-0.2, 0) is 26.2 Å². The topological polar surface area (TPSA) is 86.8 Å². The first-order valence-electron chi connectivity index (χ1n) is 9.67. The quantitative estimate of drug-likeness (QED) is 0.567. The van der Waals surface area contributed by atoms with E-state index in [4.69, 9.17) is 23.2 Å². The lowest BCUT2D eigenvalue weighted by atomic mass is 10.1. The van der Waals surface area contributed by atoms with E-state index in [0.717, 1.165) is 12.3 Å². The van der Waals surface area contributed by atoms with Crippen molar-refractivity contribution < 1.29 is 22.4 Å². The molecule has 0 aliphatic heterocycles. The first-order chi connectivity index (χ1) is 15.0. The molecule has 7 nitrogen and oxygen atoms in total. The maximum atomic E-state index is 14.4. The van der Waals surface area contributed by atoms with Crippen LogP contribution in [0.4, 0.5) is 10.1 Å². The van der Waals surface area contributed by atoms with Crippen molar-refractivity contribution in [2.75, 3.05) is 24.2 Å².